The molecule has 0 atom stereocenters. The van der Waals surface area contributed by atoms with Gasteiger partial charge in [-0.15, -0.1) is 0 Å². The molecule has 2 aromatic carbocycles. The molecule has 4 rings (SSSR count). The van der Waals surface area contributed by atoms with Crippen LogP contribution in [0.5, 0.6) is 0 Å². The fraction of sp³-hybridized carbons (Fsp3) is 0. The molecule has 0 saturated heterocycles. The van der Waals surface area contributed by atoms with E-state index in [1.54, 1.807) is 24.4 Å². The van der Waals surface area contributed by atoms with Crippen molar-refractivity contribution in [1.29, 1.82) is 0 Å². The quantitative estimate of drug-likeness (QED) is 0.659. The van der Waals surface area contributed by atoms with E-state index in [0.29, 0.717) is 22.1 Å². The number of aromatic amines is 1. The van der Waals surface area contributed by atoms with Gasteiger partial charge in [-0.25, -0.2) is 4.99 Å². The third kappa shape index (κ3) is 3.12. The molecule has 0 radical (unpaired) electrons. The molecular formula is C20H14ClN3O. The smallest absolute Gasteiger partial charge is 0.274 e. The Labute approximate surface area is 149 Å². The van der Waals surface area contributed by atoms with Gasteiger partial charge in [0, 0.05) is 28.0 Å². The van der Waals surface area contributed by atoms with Crippen molar-refractivity contribution in [3.63, 3.8) is 0 Å². The van der Waals surface area contributed by atoms with Crippen LogP contribution in [0.15, 0.2) is 77.5 Å². The number of nitrogens with zero attached hydrogens (tertiary/aromatic N) is 1. The third-order valence-corrected chi connectivity index (χ3v) is 4.15. The number of nitrogens with one attached hydrogen (secondary N) is 2. The lowest BCUT2D eigenvalue weighted by Gasteiger charge is -2.10. The average molecular weight is 348 g/mol. The van der Waals surface area contributed by atoms with Crippen molar-refractivity contribution >= 4 is 35.0 Å². The van der Waals surface area contributed by atoms with Crippen LogP contribution < -0.4 is 5.32 Å². The Morgan fingerprint density at radius 1 is 1.00 bits per heavy atom. The van der Waals surface area contributed by atoms with Gasteiger partial charge in [0.05, 0.1) is 11.4 Å². The molecule has 0 aliphatic carbocycles. The molecule has 122 valence electrons. The van der Waals surface area contributed by atoms with Crippen molar-refractivity contribution in [3.05, 3.63) is 94.4 Å². The zero-order valence-corrected chi connectivity index (χ0v) is 13.9. The fourth-order valence-electron chi connectivity index (χ4n) is 2.73. The number of aliphatic imine (C=N–C) groups is 1. The van der Waals surface area contributed by atoms with Crippen LogP contribution in [0, 0.1) is 0 Å². The Balaban J connectivity index is 1.94. The molecule has 0 bridgehead atoms. The number of anilines is 1. The van der Waals surface area contributed by atoms with Crippen molar-refractivity contribution < 1.29 is 4.79 Å². The van der Waals surface area contributed by atoms with Crippen molar-refractivity contribution in [3.8, 4) is 0 Å². The zero-order valence-electron chi connectivity index (χ0n) is 13.2. The van der Waals surface area contributed by atoms with Crippen LogP contribution in [0.1, 0.15) is 16.8 Å². The summed E-state index contributed by atoms with van der Waals surface area (Å²) < 4.78 is 0. The normalized spacial score (nSPS) is 15.3. The molecule has 25 heavy (non-hydrogen) atoms. The Morgan fingerprint density at radius 3 is 2.60 bits per heavy atom. The summed E-state index contributed by atoms with van der Waals surface area (Å²) in [6.07, 6.45) is 3.53. The van der Waals surface area contributed by atoms with Crippen LogP contribution in [-0.2, 0) is 4.79 Å². The number of amides is 1. The number of halogens is 1. The summed E-state index contributed by atoms with van der Waals surface area (Å²) in [5.74, 6) is -0.260. The predicted molar refractivity (Wildman–Crippen MR) is 101 cm³/mol. The van der Waals surface area contributed by atoms with E-state index in [1.165, 1.54) is 0 Å². The minimum Gasteiger partial charge on any atom is -0.362 e. The number of carbonyl (C=O) groups excluding carboxylic acids is 1. The maximum atomic E-state index is 12.6. The van der Waals surface area contributed by atoms with E-state index >= 15 is 0 Å². The van der Waals surface area contributed by atoms with E-state index in [9.17, 15) is 4.79 Å². The van der Waals surface area contributed by atoms with Gasteiger partial charge in [-0.3, -0.25) is 4.79 Å². The number of aromatic nitrogens is 1. The molecule has 2 N–H and O–H groups in total. The van der Waals surface area contributed by atoms with Crippen LogP contribution in [-0.4, -0.2) is 16.6 Å². The van der Waals surface area contributed by atoms with Crippen LogP contribution in [0.25, 0.3) is 6.08 Å². The van der Waals surface area contributed by atoms with Crippen molar-refractivity contribution in [2.24, 2.45) is 4.99 Å². The maximum Gasteiger partial charge on any atom is 0.274 e. The predicted octanol–water partition coefficient (Wildman–Crippen LogP) is 4.50. The zero-order chi connectivity index (χ0) is 17.2. The molecule has 0 unspecified atom stereocenters. The summed E-state index contributed by atoms with van der Waals surface area (Å²) in [6.45, 7) is 0. The van der Waals surface area contributed by atoms with Crippen LogP contribution >= 0.6 is 11.6 Å². The second kappa shape index (κ2) is 6.42. The SMILES string of the molecule is O=C1Nc2ccc(Cl)cc2C(c2ccccc2)=N/C1=C/c1ccc[nH]1. The van der Waals surface area contributed by atoms with E-state index in [2.05, 4.69) is 15.3 Å². The summed E-state index contributed by atoms with van der Waals surface area (Å²) in [6, 6.07) is 18.9. The second-order valence-corrected chi connectivity index (χ2v) is 6.06. The first-order valence-electron chi connectivity index (χ1n) is 7.81. The number of hydrogen-bond acceptors (Lipinski definition) is 2. The highest BCUT2D eigenvalue weighted by atomic mass is 35.5. The molecule has 1 amide bonds. The Morgan fingerprint density at radius 2 is 1.84 bits per heavy atom. The minimum absolute atomic E-state index is 0.260. The van der Waals surface area contributed by atoms with Crippen molar-refractivity contribution in [1.82, 2.24) is 4.98 Å². The van der Waals surface area contributed by atoms with Gasteiger partial charge in [-0.2, -0.15) is 0 Å². The topological polar surface area (TPSA) is 57.2 Å². The van der Waals surface area contributed by atoms with Crippen LogP contribution in [0.4, 0.5) is 5.69 Å². The number of hydrogen-bond donors (Lipinski definition) is 2. The van der Waals surface area contributed by atoms with Gasteiger partial charge >= 0.3 is 0 Å². The lowest BCUT2D eigenvalue weighted by atomic mass is 10.0. The Kier molecular flexibility index (Phi) is 3.96. The maximum absolute atomic E-state index is 12.6. The summed E-state index contributed by atoms with van der Waals surface area (Å²) in [5, 5.41) is 3.51. The highest BCUT2D eigenvalue weighted by molar-refractivity contribution is 6.32. The lowest BCUT2D eigenvalue weighted by molar-refractivity contribution is -0.112. The highest BCUT2D eigenvalue weighted by Gasteiger charge is 2.21. The molecule has 0 spiro atoms. The van der Waals surface area contributed by atoms with E-state index in [4.69, 9.17) is 11.6 Å². The molecule has 1 aliphatic rings. The van der Waals surface area contributed by atoms with Crippen LogP contribution in [0.2, 0.25) is 5.02 Å². The number of benzene rings is 2. The molecule has 1 aromatic heterocycles. The second-order valence-electron chi connectivity index (χ2n) is 5.63. The van der Waals surface area contributed by atoms with Gasteiger partial charge in [0.1, 0.15) is 5.70 Å². The number of H-pyrrole nitrogens is 1. The molecule has 4 nitrogen and oxygen atoms in total. The van der Waals surface area contributed by atoms with Crippen LogP contribution in [0.3, 0.4) is 0 Å². The summed E-state index contributed by atoms with van der Waals surface area (Å²) in [5.41, 5.74) is 4.24. The molecule has 2 heterocycles. The molecule has 3 aromatic rings. The molecule has 1 aliphatic heterocycles. The van der Waals surface area contributed by atoms with Gasteiger partial charge in [0.15, 0.2) is 0 Å². The van der Waals surface area contributed by atoms with Gasteiger partial charge in [0.2, 0.25) is 0 Å². The number of fused-ring (bicyclic) bond motifs is 1. The largest absolute Gasteiger partial charge is 0.362 e. The lowest BCUT2D eigenvalue weighted by Crippen LogP contribution is -2.12. The Bertz CT molecular complexity index is 989. The monoisotopic (exact) mass is 347 g/mol. The average Bonchev–Trinajstić information content (AvgIpc) is 3.09. The van der Waals surface area contributed by atoms with E-state index in [0.717, 1.165) is 16.8 Å². The van der Waals surface area contributed by atoms with E-state index in [-0.39, 0.29) is 5.91 Å². The van der Waals surface area contributed by atoms with Gasteiger partial charge < -0.3 is 10.3 Å². The molecule has 0 fully saturated rings. The van der Waals surface area contributed by atoms with E-state index < -0.39 is 0 Å². The number of rotatable bonds is 2. The third-order valence-electron chi connectivity index (χ3n) is 3.91. The summed E-state index contributed by atoms with van der Waals surface area (Å²) in [4.78, 5) is 20.4. The number of benzodiazepines with no additional fused rings is 1. The fourth-order valence-corrected chi connectivity index (χ4v) is 2.91. The number of carbonyl (C=O) groups is 1. The molecule has 0 saturated carbocycles. The standard InChI is InChI=1S/C20H14ClN3O/c21-14-8-9-17-16(11-14)19(13-5-2-1-3-6-13)23-18(20(25)24-17)12-15-7-4-10-22-15/h1-12,22H,(H,24,25)/b18-12+. The molecule has 5 heteroatoms. The molecular weight excluding hydrogens is 334 g/mol. The van der Waals surface area contributed by atoms with Crippen molar-refractivity contribution in [2.75, 3.05) is 5.32 Å². The summed E-state index contributed by atoms with van der Waals surface area (Å²) >= 11 is 6.18. The van der Waals surface area contributed by atoms with Crippen molar-refractivity contribution in [2.45, 2.75) is 0 Å². The van der Waals surface area contributed by atoms with Gasteiger partial charge in [0.25, 0.3) is 5.91 Å². The van der Waals surface area contributed by atoms with E-state index in [1.807, 2.05) is 48.5 Å². The highest BCUT2D eigenvalue weighted by Crippen LogP contribution is 2.28. The summed E-state index contributed by atoms with van der Waals surface area (Å²) in [7, 11) is 0. The minimum atomic E-state index is -0.260. The Hall–Kier alpha value is -3.11. The first-order valence-corrected chi connectivity index (χ1v) is 8.19. The first kappa shape index (κ1) is 15.4. The first-order chi connectivity index (χ1) is 12.2. The van der Waals surface area contributed by atoms with Gasteiger partial charge in [-0.05, 0) is 36.4 Å². The van der Waals surface area contributed by atoms with Gasteiger partial charge in [-0.1, -0.05) is 41.9 Å².